The molecule has 0 fully saturated rings. The van der Waals surface area contributed by atoms with Gasteiger partial charge in [-0.25, -0.2) is 4.57 Å². The van der Waals surface area contributed by atoms with Gasteiger partial charge in [0.05, 0.1) is 38.9 Å². The molecule has 0 aliphatic carbocycles. The fourth-order valence-electron chi connectivity index (χ4n) is 1.95. The molecule has 8 heteroatoms. The van der Waals surface area contributed by atoms with E-state index in [4.69, 9.17) is 23.2 Å². The molecule has 0 aliphatic rings. The quantitative estimate of drug-likeness (QED) is 0.289. The van der Waals surface area contributed by atoms with Crippen LogP contribution in [-0.2, 0) is 13.6 Å². The molecule has 0 spiro atoms. The van der Waals surface area contributed by atoms with Crippen molar-refractivity contribution in [1.29, 1.82) is 0 Å². The zero-order chi connectivity index (χ0) is 13.8. The number of nitrogens with zero attached hydrogens (tertiary/aromatic N) is 3. The van der Waals surface area contributed by atoms with E-state index in [0.717, 1.165) is 18.8 Å². The van der Waals surface area contributed by atoms with E-state index in [9.17, 15) is 10.1 Å². The molecule has 0 atom stereocenters. The number of hydrogen-bond acceptors (Lipinski definition) is 2. The third kappa shape index (κ3) is 4.84. The molecular formula is C11H18Cl3N3O2. The minimum atomic E-state index is -0.378. The summed E-state index contributed by atoms with van der Waals surface area (Å²) < 4.78 is 2.29. The first-order chi connectivity index (χ1) is 8.43. The Morgan fingerprint density at radius 3 is 2.21 bits per heavy atom. The number of quaternary nitrogens is 1. The van der Waals surface area contributed by atoms with E-state index in [-0.39, 0.29) is 23.1 Å². The molecule has 0 amide bonds. The van der Waals surface area contributed by atoms with Crippen LogP contribution in [0.1, 0.15) is 5.69 Å². The lowest BCUT2D eigenvalue weighted by atomic mass is 10.3. The van der Waals surface area contributed by atoms with Gasteiger partial charge in [0.1, 0.15) is 6.54 Å². The van der Waals surface area contributed by atoms with Crippen LogP contribution >= 0.6 is 23.2 Å². The van der Waals surface area contributed by atoms with Crippen molar-refractivity contribution in [3.8, 4) is 0 Å². The predicted octanol–water partition coefficient (Wildman–Crippen LogP) is -0.638. The molecule has 0 aromatic carbocycles. The SMILES string of the molecule is Cn1c(C[N+](C)(CCCl)CCCl)ccc1[N+](=O)[O-].[Cl-]. The van der Waals surface area contributed by atoms with Crippen molar-refractivity contribution >= 4 is 29.0 Å². The molecule has 1 aromatic rings. The van der Waals surface area contributed by atoms with Gasteiger partial charge in [0.15, 0.2) is 5.69 Å². The normalized spacial score (nSPS) is 11.2. The summed E-state index contributed by atoms with van der Waals surface area (Å²) in [6.07, 6.45) is 0. The summed E-state index contributed by atoms with van der Waals surface area (Å²) >= 11 is 11.6. The topological polar surface area (TPSA) is 48.1 Å². The van der Waals surface area contributed by atoms with Crippen LogP contribution in [0.25, 0.3) is 0 Å². The van der Waals surface area contributed by atoms with E-state index in [1.807, 2.05) is 0 Å². The molecule has 0 aliphatic heterocycles. The maximum Gasteiger partial charge on any atom is 0.323 e. The molecule has 1 rings (SSSR count). The Morgan fingerprint density at radius 2 is 1.84 bits per heavy atom. The Morgan fingerprint density at radius 1 is 1.32 bits per heavy atom. The van der Waals surface area contributed by atoms with Crippen molar-refractivity contribution in [2.75, 3.05) is 31.9 Å². The Labute approximate surface area is 129 Å². The second kappa shape index (κ2) is 7.94. The summed E-state index contributed by atoms with van der Waals surface area (Å²) in [7, 11) is 3.77. The minimum Gasteiger partial charge on any atom is -1.00 e. The number of rotatable bonds is 7. The van der Waals surface area contributed by atoms with Gasteiger partial charge in [-0.3, -0.25) is 0 Å². The standard InChI is InChI=1S/C11H18Cl2N3O2.ClH/c1-14-10(3-4-11(14)15(17)18)9-16(2,7-5-12)8-6-13;/h3-4H,5-9H2,1-2H3;1H/q+1;/p-1. The van der Waals surface area contributed by atoms with Crippen molar-refractivity contribution in [3.05, 3.63) is 27.9 Å². The second-order valence-electron chi connectivity index (χ2n) is 4.60. The third-order valence-corrected chi connectivity index (χ3v) is 3.52. The summed E-state index contributed by atoms with van der Waals surface area (Å²) in [6, 6.07) is 3.32. The van der Waals surface area contributed by atoms with Crippen molar-refractivity contribution in [3.63, 3.8) is 0 Å². The first kappa shape index (κ1) is 18.5. The van der Waals surface area contributed by atoms with Crippen LogP contribution < -0.4 is 12.4 Å². The molecule has 5 nitrogen and oxygen atoms in total. The Balaban J connectivity index is 0.00000324. The van der Waals surface area contributed by atoms with Crippen LogP contribution in [0.2, 0.25) is 0 Å². The van der Waals surface area contributed by atoms with E-state index in [0.29, 0.717) is 22.8 Å². The second-order valence-corrected chi connectivity index (χ2v) is 5.36. The van der Waals surface area contributed by atoms with Crippen LogP contribution in [0.4, 0.5) is 5.82 Å². The zero-order valence-electron chi connectivity index (χ0n) is 11.0. The number of nitro groups is 1. The zero-order valence-corrected chi connectivity index (χ0v) is 13.3. The number of aromatic nitrogens is 1. The van der Waals surface area contributed by atoms with E-state index in [1.54, 1.807) is 17.7 Å². The molecule has 1 aromatic heterocycles. The van der Waals surface area contributed by atoms with Gasteiger partial charge < -0.3 is 27.0 Å². The van der Waals surface area contributed by atoms with Gasteiger partial charge >= 0.3 is 5.82 Å². The average molecular weight is 331 g/mol. The smallest absolute Gasteiger partial charge is 0.323 e. The van der Waals surface area contributed by atoms with E-state index < -0.39 is 0 Å². The number of hydrogen-bond donors (Lipinski definition) is 0. The molecule has 0 bridgehead atoms. The minimum absolute atomic E-state index is 0. The molecule has 0 saturated heterocycles. The summed E-state index contributed by atoms with van der Waals surface area (Å²) in [4.78, 5) is 10.4. The van der Waals surface area contributed by atoms with Gasteiger partial charge in [0.2, 0.25) is 0 Å². The molecule has 0 radical (unpaired) electrons. The molecular weight excluding hydrogens is 312 g/mol. The van der Waals surface area contributed by atoms with Gasteiger partial charge in [-0.05, 0) is 11.0 Å². The molecule has 1 heterocycles. The van der Waals surface area contributed by atoms with Crippen molar-refractivity contribution < 1.29 is 21.8 Å². The summed E-state index contributed by atoms with van der Waals surface area (Å²) in [5, 5.41) is 10.8. The van der Waals surface area contributed by atoms with Crippen LogP contribution in [0.15, 0.2) is 12.1 Å². The van der Waals surface area contributed by atoms with Gasteiger partial charge in [0, 0.05) is 6.07 Å². The van der Waals surface area contributed by atoms with Gasteiger partial charge in [-0.2, -0.15) is 0 Å². The lowest BCUT2D eigenvalue weighted by Crippen LogP contribution is -3.00. The summed E-state index contributed by atoms with van der Waals surface area (Å²) in [6.45, 7) is 2.25. The van der Waals surface area contributed by atoms with Crippen molar-refractivity contribution in [2.45, 2.75) is 6.54 Å². The molecule has 0 saturated carbocycles. The Kier molecular flexibility index (Phi) is 7.74. The highest BCUT2D eigenvalue weighted by atomic mass is 35.5. The highest BCUT2D eigenvalue weighted by Crippen LogP contribution is 2.19. The van der Waals surface area contributed by atoms with E-state index >= 15 is 0 Å². The Hall–Kier alpha value is -0.490. The van der Waals surface area contributed by atoms with Gasteiger partial charge in [-0.1, -0.05) is 0 Å². The highest BCUT2D eigenvalue weighted by molar-refractivity contribution is 6.18. The molecule has 110 valence electrons. The molecule has 0 unspecified atom stereocenters. The first-order valence-corrected chi connectivity index (χ1v) is 6.75. The fourth-order valence-corrected chi connectivity index (χ4v) is 2.77. The lowest BCUT2D eigenvalue weighted by molar-refractivity contribution is -0.918. The lowest BCUT2D eigenvalue weighted by Gasteiger charge is -2.32. The van der Waals surface area contributed by atoms with Gasteiger partial charge in [0.25, 0.3) is 0 Å². The largest absolute Gasteiger partial charge is 1.00 e. The first-order valence-electron chi connectivity index (χ1n) is 5.68. The molecule has 19 heavy (non-hydrogen) atoms. The average Bonchev–Trinajstić information content (AvgIpc) is 2.61. The Bertz CT molecular complexity index is 417. The van der Waals surface area contributed by atoms with Crippen LogP contribution in [-0.4, -0.2) is 45.9 Å². The monoisotopic (exact) mass is 329 g/mol. The van der Waals surface area contributed by atoms with Gasteiger partial charge in [-0.15, -0.1) is 23.2 Å². The highest BCUT2D eigenvalue weighted by Gasteiger charge is 2.26. The van der Waals surface area contributed by atoms with Crippen molar-refractivity contribution in [2.24, 2.45) is 7.05 Å². The number of alkyl halides is 2. The van der Waals surface area contributed by atoms with Crippen molar-refractivity contribution in [1.82, 2.24) is 4.57 Å². The van der Waals surface area contributed by atoms with E-state index in [2.05, 4.69) is 7.05 Å². The third-order valence-electron chi connectivity index (χ3n) is 3.18. The predicted molar refractivity (Wildman–Crippen MR) is 73.1 cm³/mol. The summed E-state index contributed by atoms with van der Waals surface area (Å²) in [5.41, 5.74) is 0.916. The molecule has 0 N–H and O–H groups in total. The number of halogens is 3. The van der Waals surface area contributed by atoms with Crippen LogP contribution in [0.3, 0.4) is 0 Å². The van der Waals surface area contributed by atoms with Crippen LogP contribution in [0, 0.1) is 10.1 Å². The maximum atomic E-state index is 10.8. The maximum absolute atomic E-state index is 10.8. The van der Waals surface area contributed by atoms with E-state index in [1.165, 1.54) is 6.07 Å². The summed E-state index contributed by atoms with van der Waals surface area (Å²) in [5.74, 6) is 1.19. The fraction of sp³-hybridized carbons (Fsp3) is 0.636. The van der Waals surface area contributed by atoms with Crippen LogP contribution in [0.5, 0.6) is 0 Å².